The third kappa shape index (κ3) is 4.68. The van der Waals surface area contributed by atoms with Crippen molar-refractivity contribution in [3.63, 3.8) is 0 Å². The Labute approximate surface area is 247 Å². The summed E-state index contributed by atoms with van der Waals surface area (Å²) in [5.74, 6) is -1.87. The zero-order valence-electron chi connectivity index (χ0n) is 17.5. The number of carboxylic acids is 1. The first-order valence-electron chi connectivity index (χ1n) is 8.67. The van der Waals surface area contributed by atoms with Gasteiger partial charge in [0.05, 0.1) is 15.4 Å². The van der Waals surface area contributed by atoms with E-state index >= 15 is 0 Å². The average Bonchev–Trinajstić information content (AvgIpc) is 2.73. The van der Waals surface area contributed by atoms with Gasteiger partial charge < -0.3 is 19.4 Å². The first kappa shape index (κ1) is 28.0. The zero-order chi connectivity index (χ0) is 22.6. The fourth-order valence-electron chi connectivity index (χ4n) is 3.47. The van der Waals surface area contributed by atoms with Gasteiger partial charge in [0.25, 0.3) is 5.43 Å². The third-order valence-electron chi connectivity index (χ3n) is 4.88. The summed E-state index contributed by atoms with van der Waals surface area (Å²) < 4.78 is 5.70. The number of fused-ring (bicyclic) bond motifs is 2. The van der Waals surface area contributed by atoms with E-state index in [9.17, 15) is 29.9 Å². The van der Waals surface area contributed by atoms with Gasteiger partial charge in [-0.15, -0.1) is 0 Å². The topological polar surface area (TPSA) is 137 Å². The van der Waals surface area contributed by atoms with E-state index in [4.69, 9.17) is 4.42 Å². The maximum absolute atomic E-state index is 12.5. The normalized spacial score (nSPS) is 10.5. The second-order valence-corrected chi connectivity index (χ2v) is 8.28. The van der Waals surface area contributed by atoms with Gasteiger partial charge in [-0.3, -0.25) is 14.9 Å². The Hall–Kier alpha value is -1.24. The maximum atomic E-state index is 12.5. The van der Waals surface area contributed by atoms with Crippen LogP contribution in [0.25, 0.3) is 33.4 Å². The zero-order valence-corrected chi connectivity index (χ0v) is 24.7. The van der Waals surface area contributed by atoms with E-state index in [-0.39, 0.29) is 107 Å². The Morgan fingerprint density at radius 1 is 1.06 bits per heavy atom. The van der Waals surface area contributed by atoms with E-state index in [1.807, 2.05) is 0 Å². The van der Waals surface area contributed by atoms with E-state index in [1.165, 1.54) is 24.3 Å². The summed E-state index contributed by atoms with van der Waals surface area (Å²) in [6.45, 7) is 1.57. The number of carbonyl (C=O) groups excluding carboxylic acids is 1. The van der Waals surface area contributed by atoms with Crippen molar-refractivity contribution < 1.29 is 83.5 Å². The number of rotatable bonds is 3. The van der Waals surface area contributed by atoms with Gasteiger partial charge >= 0.3 is 64.8 Å². The van der Waals surface area contributed by atoms with Crippen molar-refractivity contribution in [2.24, 2.45) is 0 Å². The van der Waals surface area contributed by atoms with Crippen LogP contribution in [0.15, 0.2) is 54.6 Å². The predicted octanol–water partition coefficient (Wildman–Crippen LogP) is -2.25. The number of nitro groups is 1. The molecule has 0 N–H and O–H groups in total. The van der Waals surface area contributed by atoms with Crippen LogP contribution < -0.4 is 74.8 Å². The van der Waals surface area contributed by atoms with Crippen molar-refractivity contribution >= 4 is 54.5 Å². The molecule has 2 aliphatic rings. The summed E-state index contributed by atoms with van der Waals surface area (Å²) in [5.41, 5.74) is -0.801. The van der Waals surface area contributed by atoms with Gasteiger partial charge in [0.2, 0.25) is 0 Å². The monoisotopic (exact) mass is 591 g/mol. The molecule has 0 spiro atoms. The van der Waals surface area contributed by atoms with Crippen LogP contribution in [-0.2, 0) is 0 Å². The van der Waals surface area contributed by atoms with E-state index < -0.39 is 22.0 Å². The van der Waals surface area contributed by atoms with Crippen molar-refractivity contribution in [3.8, 4) is 28.2 Å². The molecule has 1 aliphatic heterocycles. The second kappa shape index (κ2) is 10.6. The molecule has 0 saturated carbocycles. The van der Waals surface area contributed by atoms with Crippen LogP contribution in [0.3, 0.4) is 0 Å². The summed E-state index contributed by atoms with van der Waals surface area (Å²) in [7, 11) is 0. The first-order chi connectivity index (χ1) is 14.6. The molecule has 0 fully saturated rings. The summed E-state index contributed by atoms with van der Waals surface area (Å²) in [6, 6.07) is 8.51. The molecule has 2 aromatic carbocycles. The summed E-state index contributed by atoms with van der Waals surface area (Å²) in [5, 5.41) is 36.0. The molecule has 0 saturated heterocycles. The Morgan fingerprint density at radius 3 is 2.30 bits per heavy atom. The predicted molar refractivity (Wildman–Crippen MR) is 115 cm³/mol. The first-order valence-corrected chi connectivity index (χ1v) is 10.3. The maximum Gasteiger partial charge on any atom is 1.00 e. The number of carboxylic acid groups (broad SMARTS) is 1. The van der Waals surface area contributed by atoms with Gasteiger partial charge in [-0.25, -0.2) is 0 Å². The molecule has 0 radical (unpaired) electrons. The fourth-order valence-corrected chi connectivity index (χ4v) is 4.57. The molecule has 12 heteroatoms. The Balaban J connectivity index is 0.00000193. The largest absolute Gasteiger partial charge is 1.00 e. The SMILES string of the molecule is Cc1cc2c(-c3ccccc3C(=O)[O-])c3cc([N+](=O)[O-])c(=O)c(Br)c-3oc2c(Br)c1[O-].[Na+].[Na+]. The summed E-state index contributed by atoms with van der Waals surface area (Å²) in [6.07, 6.45) is 0. The Kier molecular flexibility index (Phi) is 8.97. The minimum atomic E-state index is -1.46. The van der Waals surface area contributed by atoms with E-state index in [0.29, 0.717) is 10.9 Å². The van der Waals surface area contributed by atoms with Crippen LogP contribution in [0.4, 0.5) is 5.69 Å². The number of nitrogens with zero attached hydrogens (tertiary/aromatic N) is 1. The van der Waals surface area contributed by atoms with Gasteiger partial charge in [-0.2, -0.15) is 0 Å². The Morgan fingerprint density at radius 2 is 1.70 bits per heavy atom. The van der Waals surface area contributed by atoms with Crippen LogP contribution in [0.5, 0.6) is 5.75 Å². The second-order valence-electron chi connectivity index (χ2n) is 6.70. The molecule has 8 nitrogen and oxygen atoms in total. The van der Waals surface area contributed by atoms with E-state index in [1.54, 1.807) is 13.0 Å². The van der Waals surface area contributed by atoms with Crippen LogP contribution in [0.1, 0.15) is 15.9 Å². The number of non-ortho nitro benzene ring substituents is 1. The van der Waals surface area contributed by atoms with Crippen molar-refractivity contribution in [3.05, 3.63) is 76.8 Å². The molecule has 0 unspecified atom stereocenters. The number of carbonyl (C=O) groups is 1. The number of hydrogen-bond acceptors (Lipinski definition) is 7. The van der Waals surface area contributed by atoms with Crippen LogP contribution in [0.2, 0.25) is 0 Å². The summed E-state index contributed by atoms with van der Waals surface area (Å²) in [4.78, 5) is 34.9. The number of benzene rings is 3. The third-order valence-corrected chi connectivity index (χ3v) is 6.32. The van der Waals surface area contributed by atoms with Gasteiger partial charge in [0.15, 0.2) is 5.76 Å². The van der Waals surface area contributed by atoms with Gasteiger partial charge in [0.1, 0.15) is 10.1 Å². The van der Waals surface area contributed by atoms with Crippen molar-refractivity contribution in [2.75, 3.05) is 0 Å². The molecule has 1 aliphatic carbocycles. The smallest absolute Gasteiger partial charge is 0.871 e. The Bertz CT molecular complexity index is 1470. The van der Waals surface area contributed by atoms with Gasteiger partial charge in [-0.1, -0.05) is 35.6 Å². The summed E-state index contributed by atoms with van der Waals surface area (Å²) >= 11 is 6.28. The molecule has 4 rings (SSSR count). The molecule has 0 bridgehead atoms. The molecular weight excluding hydrogens is 584 g/mol. The quantitative estimate of drug-likeness (QED) is 0.113. The molecule has 0 atom stereocenters. The molecule has 0 amide bonds. The number of aryl methyl sites for hydroxylation is 1. The van der Waals surface area contributed by atoms with Crippen molar-refractivity contribution in [1.29, 1.82) is 0 Å². The van der Waals surface area contributed by atoms with Crippen LogP contribution >= 0.6 is 31.9 Å². The minimum absolute atomic E-state index is 0. The molecule has 0 aromatic heterocycles. The molecule has 33 heavy (non-hydrogen) atoms. The number of halogens is 2. The van der Waals surface area contributed by atoms with E-state index in [2.05, 4.69) is 31.9 Å². The number of aromatic carboxylic acids is 1. The van der Waals surface area contributed by atoms with E-state index in [0.717, 1.165) is 6.07 Å². The van der Waals surface area contributed by atoms with Gasteiger partial charge in [-0.05, 0) is 50.4 Å². The minimum Gasteiger partial charge on any atom is -0.871 e. The van der Waals surface area contributed by atoms with Gasteiger partial charge in [0, 0.05) is 28.1 Å². The van der Waals surface area contributed by atoms with Crippen molar-refractivity contribution in [1.82, 2.24) is 0 Å². The molecule has 156 valence electrons. The molecular formula is C21H9Br2NNa2O7. The fraction of sp³-hybridized carbons (Fsp3) is 0.0476. The van der Waals surface area contributed by atoms with Crippen LogP contribution in [-0.4, -0.2) is 10.9 Å². The average molecular weight is 593 g/mol. The standard InChI is InChI=1S/C21H11Br2NO7.2Na/c1-8-6-11-14(9-4-2-3-5-10(9)21(27)28)12-7-13(24(29)30)18(26)16(23)20(12)31-19(11)15(22)17(8)25;;/h2-7,25H,1H3,(H,27,28);;/q;2*+1/p-2. The molecule has 2 aromatic rings. The molecule has 1 heterocycles. The number of nitro benzene ring substituents is 1. The van der Waals surface area contributed by atoms with Crippen LogP contribution in [0, 0.1) is 17.0 Å². The van der Waals surface area contributed by atoms with Crippen molar-refractivity contribution in [2.45, 2.75) is 6.92 Å². The number of hydrogen-bond donors (Lipinski definition) is 0.